The van der Waals surface area contributed by atoms with Crippen LogP contribution in [0.25, 0.3) is 0 Å². The molecule has 150 valence electrons. The average molecular weight is 380 g/mol. The Hall–Kier alpha value is -1.88. The van der Waals surface area contributed by atoms with E-state index in [2.05, 4.69) is 0 Å². The third kappa shape index (κ3) is 6.98. The van der Waals surface area contributed by atoms with Crippen molar-refractivity contribution in [3.05, 3.63) is 46.1 Å². The molecule has 0 radical (unpaired) electrons. The first-order valence-corrected chi connectivity index (χ1v) is 9.32. The number of hydrogen-bond acceptors (Lipinski definition) is 3. The molecular formula is C22H30F2O3. The van der Waals surface area contributed by atoms with Crippen LogP contribution in [0, 0.1) is 0 Å². The molecular weight excluding hydrogens is 350 g/mol. The summed E-state index contributed by atoms with van der Waals surface area (Å²) in [5.74, 6) is -0.205. The predicted octanol–water partition coefficient (Wildman–Crippen LogP) is 5.61. The molecule has 0 spiro atoms. The fourth-order valence-electron chi connectivity index (χ4n) is 3.12. The minimum atomic E-state index is -1.66. The van der Waals surface area contributed by atoms with Gasteiger partial charge >= 0.3 is 0 Å². The molecule has 5 heteroatoms. The molecule has 0 aromatic rings. The Morgan fingerprint density at radius 2 is 1.56 bits per heavy atom. The fraction of sp³-hybridized carbons (Fsp3) is 0.545. The molecule has 0 saturated heterocycles. The third-order valence-electron chi connectivity index (χ3n) is 5.24. The van der Waals surface area contributed by atoms with Crippen molar-refractivity contribution in [1.29, 1.82) is 0 Å². The summed E-state index contributed by atoms with van der Waals surface area (Å²) in [6.45, 7) is 8.60. The van der Waals surface area contributed by atoms with Crippen LogP contribution in [0.3, 0.4) is 0 Å². The lowest BCUT2D eigenvalue weighted by atomic mass is 9.82. The minimum absolute atomic E-state index is 0.0981. The number of carbonyl (C=O) groups is 2. The number of rotatable bonds is 9. The van der Waals surface area contributed by atoms with Crippen molar-refractivity contribution < 1.29 is 23.5 Å². The largest absolute Gasteiger partial charge is 0.390 e. The van der Waals surface area contributed by atoms with Crippen LogP contribution >= 0.6 is 0 Å². The van der Waals surface area contributed by atoms with Crippen LogP contribution in [0.5, 0.6) is 0 Å². The lowest BCUT2D eigenvalue weighted by Gasteiger charge is -2.25. The molecule has 0 aromatic heterocycles. The van der Waals surface area contributed by atoms with Crippen molar-refractivity contribution in [2.24, 2.45) is 0 Å². The van der Waals surface area contributed by atoms with Gasteiger partial charge < -0.3 is 5.11 Å². The molecule has 0 aromatic carbocycles. The molecule has 0 amide bonds. The summed E-state index contributed by atoms with van der Waals surface area (Å²) in [6.07, 6.45) is 3.93. The van der Waals surface area contributed by atoms with Gasteiger partial charge in [-0.3, -0.25) is 9.59 Å². The molecule has 1 N–H and O–H groups in total. The van der Waals surface area contributed by atoms with Gasteiger partial charge in [-0.2, -0.15) is 8.78 Å². The summed E-state index contributed by atoms with van der Waals surface area (Å²) in [7, 11) is 0. The first-order chi connectivity index (χ1) is 12.5. The topological polar surface area (TPSA) is 54.4 Å². The Morgan fingerprint density at radius 1 is 0.963 bits per heavy atom. The molecule has 1 rings (SSSR count). The zero-order valence-corrected chi connectivity index (χ0v) is 16.9. The van der Waals surface area contributed by atoms with E-state index in [9.17, 15) is 23.5 Å². The molecule has 0 heterocycles. The molecule has 3 nitrogen and oxygen atoms in total. The van der Waals surface area contributed by atoms with E-state index in [-0.39, 0.29) is 11.6 Å². The molecule has 0 aliphatic heterocycles. The standard InChI is InChI=1S/C22H30F2O3/c1-14(8-6-10-19(23)24)9-7-12-22(5,27)13-11-18-17(4)20(25)15(2)16(3)21(18)26/h9-10,27H,6-8,11-13H2,1-5H3/b14-9+/t22-/m1/s1. The highest BCUT2D eigenvalue weighted by Gasteiger charge is 2.29. The number of ketones is 2. The molecule has 0 bridgehead atoms. The van der Waals surface area contributed by atoms with E-state index in [1.165, 1.54) is 0 Å². The number of allylic oxidation sites excluding steroid dienone is 7. The van der Waals surface area contributed by atoms with E-state index in [0.29, 0.717) is 60.8 Å². The van der Waals surface area contributed by atoms with Gasteiger partial charge in [0.1, 0.15) is 0 Å². The summed E-state index contributed by atoms with van der Waals surface area (Å²) < 4.78 is 24.0. The van der Waals surface area contributed by atoms with Crippen LogP contribution in [-0.2, 0) is 9.59 Å². The Balaban J connectivity index is 2.60. The maximum atomic E-state index is 12.4. The minimum Gasteiger partial charge on any atom is -0.390 e. The van der Waals surface area contributed by atoms with Crippen molar-refractivity contribution >= 4 is 11.6 Å². The van der Waals surface area contributed by atoms with Crippen LogP contribution in [0.4, 0.5) is 8.78 Å². The normalized spacial score (nSPS) is 18.1. The first kappa shape index (κ1) is 23.2. The predicted molar refractivity (Wildman–Crippen MR) is 103 cm³/mol. The molecule has 0 saturated carbocycles. The second-order valence-electron chi connectivity index (χ2n) is 7.63. The van der Waals surface area contributed by atoms with Crippen LogP contribution < -0.4 is 0 Å². The van der Waals surface area contributed by atoms with Gasteiger partial charge in [0.25, 0.3) is 6.08 Å². The third-order valence-corrected chi connectivity index (χ3v) is 5.24. The van der Waals surface area contributed by atoms with Crippen LogP contribution in [0.1, 0.15) is 73.1 Å². The van der Waals surface area contributed by atoms with Crippen LogP contribution in [-0.4, -0.2) is 22.3 Å². The van der Waals surface area contributed by atoms with Crippen molar-refractivity contribution in [3.63, 3.8) is 0 Å². The number of halogens is 2. The van der Waals surface area contributed by atoms with Gasteiger partial charge in [-0.15, -0.1) is 0 Å². The molecule has 1 aliphatic rings. The Bertz CT molecular complexity index is 718. The van der Waals surface area contributed by atoms with Crippen molar-refractivity contribution in [2.75, 3.05) is 0 Å². The van der Waals surface area contributed by atoms with E-state index in [4.69, 9.17) is 0 Å². The summed E-state index contributed by atoms with van der Waals surface area (Å²) in [5.41, 5.74) is 1.99. The van der Waals surface area contributed by atoms with Gasteiger partial charge in [-0.1, -0.05) is 11.6 Å². The molecule has 1 aliphatic carbocycles. The Morgan fingerprint density at radius 3 is 2.15 bits per heavy atom. The smallest absolute Gasteiger partial charge is 0.266 e. The Labute approximate surface area is 160 Å². The SMILES string of the molecule is CC1=C(C)C(=O)C(CC[C@](C)(O)CC/C=C(\C)CCC=C(F)F)=C(C)C1=O. The molecule has 1 atom stereocenters. The first-order valence-electron chi connectivity index (χ1n) is 9.32. The average Bonchev–Trinajstić information content (AvgIpc) is 2.57. The zero-order valence-electron chi connectivity index (χ0n) is 16.9. The molecule has 0 unspecified atom stereocenters. The van der Waals surface area contributed by atoms with Gasteiger partial charge in [-0.05, 0) is 79.2 Å². The Kier molecular flexibility index (Phi) is 8.48. The van der Waals surface area contributed by atoms with E-state index >= 15 is 0 Å². The van der Waals surface area contributed by atoms with E-state index in [1.54, 1.807) is 27.7 Å². The zero-order chi connectivity index (χ0) is 20.8. The summed E-state index contributed by atoms with van der Waals surface area (Å²) >= 11 is 0. The maximum Gasteiger partial charge on any atom is 0.266 e. The van der Waals surface area contributed by atoms with Gasteiger partial charge in [0, 0.05) is 22.3 Å². The number of aliphatic hydroxyl groups is 1. The summed E-state index contributed by atoms with van der Waals surface area (Å²) in [5, 5.41) is 10.6. The van der Waals surface area contributed by atoms with Crippen molar-refractivity contribution in [1.82, 2.24) is 0 Å². The van der Waals surface area contributed by atoms with Gasteiger partial charge in [0.2, 0.25) is 0 Å². The highest BCUT2D eigenvalue weighted by atomic mass is 19.3. The molecule has 27 heavy (non-hydrogen) atoms. The van der Waals surface area contributed by atoms with Gasteiger partial charge in [-0.25, -0.2) is 0 Å². The molecule has 0 fully saturated rings. The van der Waals surface area contributed by atoms with Crippen molar-refractivity contribution in [2.45, 2.75) is 78.7 Å². The van der Waals surface area contributed by atoms with Crippen LogP contribution in [0.2, 0.25) is 0 Å². The highest BCUT2D eigenvalue weighted by Crippen LogP contribution is 2.30. The highest BCUT2D eigenvalue weighted by molar-refractivity contribution is 6.24. The fourth-order valence-corrected chi connectivity index (χ4v) is 3.12. The summed E-state index contributed by atoms with van der Waals surface area (Å²) in [6, 6.07) is 0. The van der Waals surface area contributed by atoms with E-state index in [1.807, 2.05) is 13.0 Å². The number of hydrogen-bond donors (Lipinski definition) is 1. The maximum absolute atomic E-state index is 12.4. The van der Waals surface area contributed by atoms with E-state index < -0.39 is 11.7 Å². The monoisotopic (exact) mass is 380 g/mol. The second kappa shape index (κ2) is 9.88. The van der Waals surface area contributed by atoms with Crippen LogP contribution in [0.15, 0.2) is 46.1 Å². The quantitative estimate of drug-likeness (QED) is 0.418. The van der Waals surface area contributed by atoms with Crippen molar-refractivity contribution in [3.8, 4) is 0 Å². The van der Waals surface area contributed by atoms with Gasteiger partial charge in [0.05, 0.1) is 5.60 Å². The second-order valence-corrected chi connectivity index (χ2v) is 7.63. The lowest BCUT2D eigenvalue weighted by molar-refractivity contribution is -0.116. The summed E-state index contributed by atoms with van der Waals surface area (Å²) in [4.78, 5) is 24.6. The number of Topliss-reactive ketones (excluding diaryl/α,β-unsaturated/α-hetero) is 2. The van der Waals surface area contributed by atoms with E-state index in [0.717, 1.165) is 11.6 Å². The lowest BCUT2D eigenvalue weighted by Crippen LogP contribution is -2.26. The number of carbonyl (C=O) groups excluding carboxylic acids is 2. The van der Waals surface area contributed by atoms with Gasteiger partial charge in [0.15, 0.2) is 11.6 Å².